The van der Waals surface area contributed by atoms with Gasteiger partial charge in [0.2, 0.25) is 0 Å². The Balaban J connectivity index is 1.37. The molecule has 48 heavy (non-hydrogen) atoms. The fraction of sp³-hybridized carbons (Fsp3) is 0.0227. The molecular weight excluding hydrogens is 590 g/mol. The van der Waals surface area contributed by atoms with Crippen molar-refractivity contribution in [2.24, 2.45) is 0 Å². The second-order valence-electron chi connectivity index (χ2n) is 12.2. The predicted molar refractivity (Wildman–Crippen MR) is 198 cm³/mol. The smallest absolute Gasteiger partial charge is 0.123 e. The minimum atomic E-state index is -0.269. The first kappa shape index (κ1) is 28.0. The highest BCUT2D eigenvalue weighted by Crippen LogP contribution is 2.55. The number of aromatic nitrogens is 1. The second-order valence-corrected chi connectivity index (χ2v) is 12.2. The molecule has 7 aromatic carbocycles. The van der Waals surface area contributed by atoms with Crippen LogP contribution in [-0.4, -0.2) is 4.98 Å². The van der Waals surface area contributed by atoms with Crippen molar-refractivity contribution in [2.75, 3.05) is 9.80 Å². The predicted octanol–water partition coefficient (Wildman–Crippen LogP) is 12.4. The van der Waals surface area contributed by atoms with E-state index in [-0.39, 0.29) is 5.82 Å². The molecule has 1 aliphatic rings. The van der Waals surface area contributed by atoms with Gasteiger partial charge in [0, 0.05) is 16.6 Å². The molecule has 2 heterocycles. The quantitative estimate of drug-likeness (QED) is 0.195. The molecule has 0 amide bonds. The van der Waals surface area contributed by atoms with Gasteiger partial charge in [-0.25, -0.2) is 9.37 Å². The summed E-state index contributed by atoms with van der Waals surface area (Å²) >= 11 is 0. The molecule has 0 spiro atoms. The summed E-state index contributed by atoms with van der Waals surface area (Å²) in [7, 11) is 0. The van der Waals surface area contributed by atoms with Gasteiger partial charge < -0.3 is 9.80 Å². The highest BCUT2D eigenvalue weighted by atomic mass is 19.1. The lowest BCUT2D eigenvalue weighted by Crippen LogP contribution is -2.24. The lowest BCUT2D eigenvalue weighted by molar-refractivity contribution is 0.628. The lowest BCUT2D eigenvalue weighted by atomic mass is 9.91. The molecule has 0 saturated carbocycles. The first-order valence-electron chi connectivity index (χ1n) is 16.2. The number of rotatable bonds is 4. The van der Waals surface area contributed by atoms with Crippen molar-refractivity contribution in [2.45, 2.75) is 6.92 Å². The number of hydrogen-bond donors (Lipinski definition) is 0. The van der Waals surface area contributed by atoms with E-state index in [1.165, 1.54) is 22.9 Å². The Kier molecular flexibility index (Phi) is 6.54. The number of benzene rings is 7. The molecule has 0 bridgehead atoms. The zero-order chi connectivity index (χ0) is 32.2. The van der Waals surface area contributed by atoms with Gasteiger partial charge >= 0.3 is 0 Å². The minimum absolute atomic E-state index is 0.269. The Labute approximate surface area is 278 Å². The van der Waals surface area contributed by atoms with Crippen molar-refractivity contribution < 1.29 is 4.39 Å². The maximum absolute atomic E-state index is 14.1. The van der Waals surface area contributed by atoms with E-state index in [9.17, 15) is 4.39 Å². The third-order valence-corrected chi connectivity index (χ3v) is 9.35. The van der Waals surface area contributed by atoms with Crippen LogP contribution in [0.25, 0.3) is 44.1 Å². The zero-order valence-electron chi connectivity index (χ0n) is 26.3. The van der Waals surface area contributed by atoms with Crippen molar-refractivity contribution in [3.63, 3.8) is 0 Å². The summed E-state index contributed by atoms with van der Waals surface area (Å²) in [5.41, 5.74) is 12.3. The summed E-state index contributed by atoms with van der Waals surface area (Å²) in [6.07, 6.45) is 0. The van der Waals surface area contributed by atoms with Gasteiger partial charge in [0.15, 0.2) is 0 Å². The molecule has 8 aromatic rings. The average Bonchev–Trinajstić information content (AvgIpc) is 3.14. The summed E-state index contributed by atoms with van der Waals surface area (Å²) in [6.45, 7) is 2.16. The van der Waals surface area contributed by atoms with E-state index >= 15 is 0 Å². The normalized spacial score (nSPS) is 12.3. The van der Waals surface area contributed by atoms with Gasteiger partial charge in [-0.15, -0.1) is 0 Å². The maximum Gasteiger partial charge on any atom is 0.123 e. The number of fused-ring (bicyclic) bond motifs is 4. The number of pyridine rings is 1. The highest BCUT2D eigenvalue weighted by molar-refractivity contribution is 6.12. The van der Waals surface area contributed by atoms with Crippen LogP contribution in [0.5, 0.6) is 0 Å². The van der Waals surface area contributed by atoms with Crippen LogP contribution in [0, 0.1) is 12.7 Å². The third-order valence-electron chi connectivity index (χ3n) is 9.35. The van der Waals surface area contributed by atoms with Crippen LogP contribution < -0.4 is 9.80 Å². The van der Waals surface area contributed by atoms with E-state index in [1.54, 1.807) is 0 Å². The van der Waals surface area contributed by atoms with Gasteiger partial charge in [-0.2, -0.15) is 0 Å². The molecule has 0 atom stereocenters. The number of nitrogens with zero attached hydrogens (tertiary/aromatic N) is 3. The molecule has 4 heteroatoms. The number of para-hydroxylation sites is 5. The SMILES string of the molecule is Cc1ccc(N2c3ccccc3N(c3ccccc3)c3ccccc32)c2nc(-c3ccc(F)cc3)cc(-c3cccc4ccccc34)c12. The molecule has 0 radical (unpaired) electrons. The summed E-state index contributed by atoms with van der Waals surface area (Å²) in [6, 6.07) is 55.8. The Hall–Kier alpha value is -6.26. The summed E-state index contributed by atoms with van der Waals surface area (Å²) in [5.74, 6) is -0.269. The van der Waals surface area contributed by atoms with Crippen LogP contribution in [-0.2, 0) is 0 Å². The first-order chi connectivity index (χ1) is 23.7. The minimum Gasteiger partial charge on any atom is -0.306 e. The molecule has 0 saturated heterocycles. The van der Waals surface area contributed by atoms with Crippen molar-refractivity contribution in [1.29, 1.82) is 0 Å². The van der Waals surface area contributed by atoms with E-state index in [0.29, 0.717) is 0 Å². The second kappa shape index (κ2) is 11.2. The van der Waals surface area contributed by atoms with Crippen LogP contribution in [0.4, 0.5) is 38.5 Å². The van der Waals surface area contributed by atoms with E-state index < -0.39 is 0 Å². The molecule has 9 rings (SSSR count). The first-order valence-corrected chi connectivity index (χ1v) is 16.2. The Morgan fingerprint density at radius 3 is 1.81 bits per heavy atom. The standard InChI is InChI=1S/C44H30FN3/c1-29-22-27-42(48-40-20-9-7-18-38(40)47(33-14-3-2-4-15-33)39-19-8-10-21-41(39)48)44-43(29)36(28-37(46-44)31-23-25-32(45)26-24-31)35-17-11-13-30-12-5-6-16-34(30)35/h2-28H,1H3. The fourth-order valence-electron chi connectivity index (χ4n) is 7.18. The molecule has 0 N–H and O–H groups in total. The van der Waals surface area contributed by atoms with Gasteiger partial charge in [-0.3, -0.25) is 0 Å². The van der Waals surface area contributed by atoms with E-state index in [1.807, 2.05) is 18.2 Å². The van der Waals surface area contributed by atoms with Crippen LogP contribution in [0.15, 0.2) is 164 Å². The van der Waals surface area contributed by atoms with Crippen molar-refractivity contribution in [3.05, 3.63) is 175 Å². The van der Waals surface area contributed by atoms with Crippen LogP contribution in [0.3, 0.4) is 0 Å². The molecule has 3 nitrogen and oxygen atoms in total. The molecule has 228 valence electrons. The summed E-state index contributed by atoms with van der Waals surface area (Å²) < 4.78 is 14.1. The molecule has 0 aliphatic carbocycles. The number of aryl methyl sites for hydroxylation is 1. The van der Waals surface area contributed by atoms with Gasteiger partial charge in [0.05, 0.1) is 39.6 Å². The molecule has 0 unspecified atom stereocenters. The Bertz CT molecular complexity index is 2440. The van der Waals surface area contributed by atoms with E-state index in [2.05, 4.69) is 150 Å². The van der Waals surface area contributed by atoms with Crippen molar-refractivity contribution in [1.82, 2.24) is 4.98 Å². The summed E-state index contributed by atoms with van der Waals surface area (Å²) in [5, 5.41) is 3.45. The number of halogens is 1. The van der Waals surface area contributed by atoms with Crippen LogP contribution in [0.2, 0.25) is 0 Å². The fourth-order valence-corrected chi connectivity index (χ4v) is 7.18. The van der Waals surface area contributed by atoms with Crippen molar-refractivity contribution in [3.8, 4) is 22.4 Å². The van der Waals surface area contributed by atoms with E-state index in [0.717, 1.165) is 73.0 Å². The molecule has 0 fully saturated rings. The van der Waals surface area contributed by atoms with Crippen LogP contribution >= 0.6 is 0 Å². The van der Waals surface area contributed by atoms with Gasteiger partial charge in [0.1, 0.15) is 5.82 Å². The third kappa shape index (κ3) is 4.45. The summed E-state index contributed by atoms with van der Waals surface area (Å²) in [4.78, 5) is 10.1. The average molecular weight is 620 g/mol. The van der Waals surface area contributed by atoms with Gasteiger partial charge in [-0.05, 0) is 107 Å². The topological polar surface area (TPSA) is 19.4 Å². The molecule has 1 aliphatic heterocycles. The lowest BCUT2D eigenvalue weighted by Gasteiger charge is -2.40. The Morgan fingerprint density at radius 1 is 0.500 bits per heavy atom. The van der Waals surface area contributed by atoms with Crippen LogP contribution in [0.1, 0.15) is 5.56 Å². The van der Waals surface area contributed by atoms with Crippen molar-refractivity contribution >= 4 is 55.8 Å². The largest absolute Gasteiger partial charge is 0.306 e. The molecule has 1 aromatic heterocycles. The zero-order valence-corrected chi connectivity index (χ0v) is 26.3. The number of hydrogen-bond acceptors (Lipinski definition) is 3. The highest BCUT2D eigenvalue weighted by Gasteiger charge is 2.31. The Morgan fingerprint density at radius 2 is 1.10 bits per heavy atom. The van der Waals surface area contributed by atoms with Gasteiger partial charge in [-0.1, -0.05) is 91.0 Å². The monoisotopic (exact) mass is 619 g/mol. The maximum atomic E-state index is 14.1. The van der Waals surface area contributed by atoms with Gasteiger partial charge in [0.25, 0.3) is 0 Å². The molecular formula is C44H30FN3. The number of anilines is 6. The van der Waals surface area contributed by atoms with E-state index in [4.69, 9.17) is 4.98 Å².